The molecule has 2 aromatic rings. The van der Waals surface area contributed by atoms with Gasteiger partial charge in [0.2, 0.25) is 0 Å². The second kappa shape index (κ2) is 6.31. The first-order valence-corrected chi connectivity index (χ1v) is 7.67. The summed E-state index contributed by atoms with van der Waals surface area (Å²) < 4.78 is 5.21. The largest absolute Gasteiger partial charge is 0.497 e. The number of methoxy groups -OCH3 is 1. The summed E-state index contributed by atoms with van der Waals surface area (Å²) >= 11 is 0. The van der Waals surface area contributed by atoms with Gasteiger partial charge in [-0.2, -0.15) is 0 Å². The summed E-state index contributed by atoms with van der Waals surface area (Å²) in [5.41, 5.74) is 4.12. The summed E-state index contributed by atoms with van der Waals surface area (Å²) in [6.45, 7) is 3.10. The van der Waals surface area contributed by atoms with Crippen molar-refractivity contribution in [2.24, 2.45) is 0 Å². The maximum absolute atomic E-state index is 5.21. The lowest BCUT2D eigenvalue weighted by Gasteiger charge is -2.36. The molecular formula is C19H23NO. The van der Waals surface area contributed by atoms with E-state index in [9.17, 15) is 0 Å². The summed E-state index contributed by atoms with van der Waals surface area (Å²) in [5.74, 6) is 1.64. The molecule has 0 spiro atoms. The minimum absolute atomic E-state index is 0.651. The lowest BCUT2D eigenvalue weighted by atomic mass is 9.76. The van der Waals surface area contributed by atoms with Gasteiger partial charge >= 0.3 is 0 Å². The Bertz CT molecular complexity index is 568. The molecule has 3 rings (SSSR count). The molecule has 1 aliphatic rings. The van der Waals surface area contributed by atoms with Crippen LogP contribution < -0.4 is 10.1 Å². The van der Waals surface area contributed by atoms with E-state index in [4.69, 9.17) is 4.74 Å². The van der Waals surface area contributed by atoms with Crippen molar-refractivity contribution in [2.75, 3.05) is 7.11 Å². The van der Waals surface area contributed by atoms with Gasteiger partial charge in [-0.1, -0.05) is 42.0 Å². The van der Waals surface area contributed by atoms with Gasteiger partial charge in [0, 0.05) is 12.6 Å². The zero-order valence-electron chi connectivity index (χ0n) is 12.8. The van der Waals surface area contributed by atoms with Gasteiger partial charge in [-0.05, 0) is 48.9 Å². The first-order valence-electron chi connectivity index (χ1n) is 7.67. The maximum atomic E-state index is 5.21. The van der Waals surface area contributed by atoms with E-state index in [2.05, 4.69) is 60.8 Å². The van der Waals surface area contributed by atoms with Gasteiger partial charge in [0.1, 0.15) is 5.75 Å². The molecule has 2 aromatic carbocycles. The van der Waals surface area contributed by atoms with E-state index in [-0.39, 0.29) is 0 Å². The Morgan fingerprint density at radius 1 is 1.00 bits per heavy atom. The van der Waals surface area contributed by atoms with E-state index in [1.54, 1.807) is 7.11 Å². The number of hydrogen-bond acceptors (Lipinski definition) is 2. The monoisotopic (exact) mass is 281 g/mol. The third-order valence-electron chi connectivity index (χ3n) is 4.44. The molecule has 21 heavy (non-hydrogen) atoms. The van der Waals surface area contributed by atoms with Gasteiger partial charge in [-0.15, -0.1) is 0 Å². The molecule has 1 saturated carbocycles. The van der Waals surface area contributed by atoms with Crippen LogP contribution in [0, 0.1) is 6.92 Å². The van der Waals surface area contributed by atoms with Crippen LogP contribution in [-0.4, -0.2) is 13.2 Å². The lowest BCUT2D eigenvalue weighted by molar-refractivity contribution is 0.289. The summed E-state index contributed by atoms with van der Waals surface area (Å²) in [5, 5.41) is 3.65. The molecule has 0 amide bonds. The molecule has 2 heteroatoms. The van der Waals surface area contributed by atoms with Crippen molar-refractivity contribution in [3.8, 4) is 5.75 Å². The number of ether oxygens (including phenoxy) is 1. The fraction of sp³-hybridized carbons (Fsp3) is 0.368. The average Bonchev–Trinajstić information content (AvgIpc) is 2.48. The van der Waals surface area contributed by atoms with E-state index in [1.807, 2.05) is 0 Å². The maximum Gasteiger partial charge on any atom is 0.118 e. The minimum Gasteiger partial charge on any atom is -0.497 e. The minimum atomic E-state index is 0.651. The topological polar surface area (TPSA) is 21.3 Å². The highest BCUT2D eigenvalue weighted by Gasteiger charge is 2.29. The molecule has 110 valence electrons. The molecule has 1 N–H and O–H groups in total. The van der Waals surface area contributed by atoms with Crippen LogP contribution in [0.15, 0.2) is 48.5 Å². The molecule has 0 aliphatic heterocycles. The van der Waals surface area contributed by atoms with Crippen LogP contribution in [0.1, 0.15) is 35.4 Å². The Labute approximate surface area is 127 Å². The standard InChI is InChI=1S/C19H23NO/c1-14-3-5-15(6-4-14)13-20-18-11-17(12-18)16-7-9-19(21-2)10-8-16/h3-10,17-18,20H,11-13H2,1-2H3. The molecule has 0 aromatic heterocycles. The number of benzene rings is 2. The van der Waals surface area contributed by atoms with Crippen molar-refractivity contribution in [1.29, 1.82) is 0 Å². The molecule has 0 radical (unpaired) electrons. The predicted octanol–water partition coefficient (Wildman–Crippen LogP) is 4.04. The molecule has 2 nitrogen and oxygen atoms in total. The molecule has 0 atom stereocenters. The van der Waals surface area contributed by atoms with E-state index in [1.165, 1.54) is 29.5 Å². The smallest absolute Gasteiger partial charge is 0.118 e. The normalized spacial score (nSPS) is 20.9. The zero-order valence-corrected chi connectivity index (χ0v) is 12.8. The quantitative estimate of drug-likeness (QED) is 0.893. The first-order chi connectivity index (χ1) is 10.2. The van der Waals surface area contributed by atoms with Gasteiger partial charge < -0.3 is 10.1 Å². The molecular weight excluding hydrogens is 258 g/mol. The van der Waals surface area contributed by atoms with Crippen molar-refractivity contribution in [3.63, 3.8) is 0 Å². The summed E-state index contributed by atoms with van der Waals surface area (Å²) in [6, 6.07) is 17.9. The van der Waals surface area contributed by atoms with E-state index in [0.29, 0.717) is 12.0 Å². The molecule has 0 unspecified atom stereocenters. The lowest BCUT2D eigenvalue weighted by Crippen LogP contribution is -2.39. The van der Waals surface area contributed by atoms with E-state index < -0.39 is 0 Å². The third-order valence-corrected chi connectivity index (χ3v) is 4.44. The number of rotatable bonds is 5. The van der Waals surface area contributed by atoms with Gasteiger partial charge in [-0.3, -0.25) is 0 Å². The summed E-state index contributed by atoms with van der Waals surface area (Å²) in [7, 11) is 1.71. The summed E-state index contributed by atoms with van der Waals surface area (Å²) in [6.07, 6.45) is 2.47. The highest BCUT2D eigenvalue weighted by molar-refractivity contribution is 5.31. The van der Waals surface area contributed by atoms with Gasteiger partial charge in [0.15, 0.2) is 0 Å². The first kappa shape index (κ1) is 14.2. The Kier molecular flexibility index (Phi) is 4.26. The van der Waals surface area contributed by atoms with Crippen LogP contribution in [0.3, 0.4) is 0 Å². The fourth-order valence-corrected chi connectivity index (χ4v) is 2.90. The third kappa shape index (κ3) is 3.45. The highest BCUT2D eigenvalue weighted by atomic mass is 16.5. The number of hydrogen-bond donors (Lipinski definition) is 1. The van der Waals surface area contributed by atoms with Crippen molar-refractivity contribution in [2.45, 2.75) is 38.3 Å². The average molecular weight is 281 g/mol. The van der Waals surface area contributed by atoms with Crippen molar-refractivity contribution in [3.05, 3.63) is 65.2 Å². The Morgan fingerprint density at radius 3 is 2.29 bits per heavy atom. The van der Waals surface area contributed by atoms with Crippen LogP contribution in [0.4, 0.5) is 0 Å². The molecule has 1 fully saturated rings. The van der Waals surface area contributed by atoms with Crippen LogP contribution in [0.2, 0.25) is 0 Å². The molecule has 1 aliphatic carbocycles. The number of nitrogens with one attached hydrogen (secondary N) is 1. The van der Waals surface area contributed by atoms with Crippen molar-refractivity contribution in [1.82, 2.24) is 5.32 Å². The summed E-state index contributed by atoms with van der Waals surface area (Å²) in [4.78, 5) is 0. The second-order valence-corrected chi connectivity index (χ2v) is 6.00. The second-order valence-electron chi connectivity index (χ2n) is 6.00. The van der Waals surface area contributed by atoms with Gasteiger partial charge in [0.25, 0.3) is 0 Å². The Morgan fingerprint density at radius 2 is 1.67 bits per heavy atom. The van der Waals surface area contributed by atoms with E-state index in [0.717, 1.165) is 12.3 Å². The van der Waals surface area contributed by atoms with E-state index >= 15 is 0 Å². The fourth-order valence-electron chi connectivity index (χ4n) is 2.90. The van der Waals surface area contributed by atoms with Crippen LogP contribution in [0.25, 0.3) is 0 Å². The van der Waals surface area contributed by atoms with Crippen LogP contribution >= 0.6 is 0 Å². The van der Waals surface area contributed by atoms with Crippen LogP contribution in [-0.2, 0) is 6.54 Å². The Hall–Kier alpha value is -1.80. The Balaban J connectivity index is 1.46. The van der Waals surface area contributed by atoms with Gasteiger partial charge in [0.05, 0.1) is 7.11 Å². The van der Waals surface area contributed by atoms with Crippen molar-refractivity contribution >= 4 is 0 Å². The predicted molar refractivity (Wildman–Crippen MR) is 86.8 cm³/mol. The molecule has 0 saturated heterocycles. The van der Waals surface area contributed by atoms with Gasteiger partial charge in [-0.25, -0.2) is 0 Å². The highest BCUT2D eigenvalue weighted by Crippen LogP contribution is 2.37. The zero-order chi connectivity index (χ0) is 14.7. The van der Waals surface area contributed by atoms with Crippen LogP contribution in [0.5, 0.6) is 5.75 Å². The number of aryl methyl sites for hydroxylation is 1. The SMILES string of the molecule is COc1ccc(C2CC(NCc3ccc(C)cc3)C2)cc1. The molecule has 0 bridgehead atoms. The van der Waals surface area contributed by atoms with Crippen molar-refractivity contribution < 1.29 is 4.74 Å². The molecule has 0 heterocycles.